The topological polar surface area (TPSA) is 30.9 Å². The molecule has 5 heteroatoms. The van der Waals surface area contributed by atoms with E-state index in [4.69, 9.17) is 4.99 Å². The van der Waals surface area contributed by atoms with Crippen molar-refractivity contribution in [2.45, 2.75) is 20.0 Å². The highest BCUT2D eigenvalue weighted by Crippen LogP contribution is 2.22. The Morgan fingerprint density at radius 3 is 2.50 bits per heavy atom. The largest absolute Gasteiger partial charge is 0.344 e. The summed E-state index contributed by atoms with van der Waals surface area (Å²) in [5.74, 6) is 2.02. The van der Waals surface area contributed by atoms with Gasteiger partial charge in [0.25, 0.3) is 0 Å². The third-order valence-electron chi connectivity index (χ3n) is 3.47. The number of hydrogen-bond acceptors (Lipinski definition) is 4. The van der Waals surface area contributed by atoms with Crippen LogP contribution in [0.1, 0.15) is 13.8 Å². The highest BCUT2D eigenvalue weighted by molar-refractivity contribution is 5.85. The molecule has 0 aromatic heterocycles. The van der Waals surface area contributed by atoms with Gasteiger partial charge in [-0.2, -0.15) is 0 Å². The molecule has 0 amide bonds. The molecule has 1 aromatic rings. The molecule has 1 atom stereocenters. The van der Waals surface area contributed by atoms with E-state index in [2.05, 4.69) is 52.4 Å². The highest BCUT2D eigenvalue weighted by atomic mass is 35.5. The van der Waals surface area contributed by atoms with Gasteiger partial charge >= 0.3 is 0 Å². The van der Waals surface area contributed by atoms with Crippen LogP contribution in [-0.4, -0.2) is 37.5 Å². The van der Waals surface area contributed by atoms with Gasteiger partial charge < -0.3 is 9.80 Å². The number of halogens is 1. The van der Waals surface area contributed by atoms with Crippen molar-refractivity contribution in [3.05, 3.63) is 42.2 Å². The van der Waals surface area contributed by atoms with Crippen LogP contribution in [0, 0.1) is 0 Å². The highest BCUT2D eigenvalue weighted by Gasteiger charge is 2.21. The molecule has 1 aliphatic heterocycles. The van der Waals surface area contributed by atoms with E-state index < -0.39 is 0 Å². The van der Waals surface area contributed by atoms with Crippen LogP contribution in [0.25, 0.3) is 0 Å². The molecular formula is C15H23ClN4. The fraction of sp³-hybridized carbons (Fsp3) is 0.400. The molecule has 2 rings (SSSR count). The second-order valence-electron chi connectivity index (χ2n) is 4.61. The summed E-state index contributed by atoms with van der Waals surface area (Å²) in [6, 6.07) is 10.4. The summed E-state index contributed by atoms with van der Waals surface area (Å²) in [4.78, 5) is 9.05. The van der Waals surface area contributed by atoms with E-state index in [0.29, 0.717) is 0 Å². The summed E-state index contributed by atoms with van der Waals surface area (Å²) in [5.41, 5.74) is 1.17. The molecule has 20 heavy (non-hydrogen) atoms. The lowest BCUT2D eigenvalue weighted by molar-refractivity contribution is 0.371. The van der Waals surface area contributed by atoms with Gasteiger partial charge in [0.2, 0.25) is 0 Å². The van der Waals surface area contributed by atoms with Gasteiger partial charge in [-0.3, -0.25) is 5.32 Å². The molecule has 0 fully saturated rings. The normalized spacial score (nSPS) is 18.0. The number of benzene rings is 1. The first-order chi connectivity index (χ1) is 9.17. The van der Waals surface area contributed by atoms with Crippen LogP contribution in [0.3, 0.4) is 0 Å². The predicted molar refractivity (Wildman–Crippen MR) is 88.5 cm³/mol. The van der Waals surface area contributed by atoms with Crippen LogP contribution >= 0.6 is 12.4 Å². The van der Waals surface area contributed by atoms with Crippen LogP contribution in [0.15, 0.2) is 47.2 Å². The molecule has 0 bridgehead atoms. The van der Waals surface area contributed by atoms with Crippen molar-refractivity contribution in [2.24, 2.45) is 4.99 Å². The fourth-order valence-electron chi connectivity index (χ4n) is 2.25. The van der Waals surface area contributed by atoms with Crippen LogP contribution in [-0.2, 0) is 0 Å². The Hall–Kier alpha value is -1.52. The summed E-state index contributed by atoms with van der Waals surface area (Å²) in [5, 5.41) is 3.29. The molecule has 1 unspecified atom stereocenters. The Bertz CT molecular complexity index is 484. The quantitative estimate of drug-likeness (QED) is 0.926. The lowest BCUT2D eigenvalue weighted by atomic mass is 10.2. The third-order valence-corrected chi connectivity index (χ3v) is 3.47. The van der Waals surface area contributed by atoms with Crippen molar-refractivity contribution in [2.75, 3.05) is 25.5 Å². The van der Waals surface area contributed by atoms with E-state index in [1.54, 1.807) is 0 Å². The molecule has 110 valence electrons. The number of nitrogens with zero attached hydrogens (tertiary/aromatic N) is 3. The molecule has 1 heterocycles. The Morgan fingerprint density at radius 2 is 1.95 bits per heavy atom. The standard InChI is InChI=1S/C15H22N4.ClH/c1-5-19(13-9-7-6-8-10-13)15-11-14(16-3)18(4)12(2)17-15;/h6-11,14,16H,5H2,1-4H3;1H. The van der Waals surface area contributed by atoms with Gasteiger partial charge in [0, 0.05) is 19.3 Å². The number of rotatable bonds is 4. The van der Waals surface area contributed by atoms with Crippen molar-refractivity contribution in [3.63, 3.8) is 0 Å². The van der Waals surface area contributed by atoms with Crippen molar-refractivity contribution in [3.8, 4) is 0 Å². The summed E-state index contributed by atoms with van der Waals surface area (Å²) < 4.78 is 0. The Labute approximate surface area is 127 Å². The average Bonchev–Trinajstić information content (AvgIpc) is 2.44. The number of aliphatic imine (C=N–C) groups is 1. The first-order valence-electron chi connectivity index (χ1n) is 6.67. The minimum Gasteiger partial charge on any atom is -0.344 e. The van der Waals surface area contributed by atoms with E-state index in [1.807, 2.05) is 27.1 Å². The van der Waals surface area contributed by atoms with Crippen molar-refractivity contribution < 1.29 is 0 Å². The van der Waals surface area contributed by atoms with Crippen LogP contribution in [0.5, 0.6) is 0 Å². The van der Waals surface area contributed by atoms with Gasteiger partial charge in [0.05, 0.1) is 0 Å². The average molecular weight is 295 g/mol. The van der Waals surface area contributed by atoms with E-state index in [9.17, 15) is 0 Å². The Balaban J connectivity index is 0.00000200. The molecule has 0 radical (unpaired) electrons. The maximum atomic E-state index is 4.70. The van der Waals surface area contributed by atoms with E-state index >= 15 is 0 Å². The van der Waals surface area contributed by atoms with Gasteiger partial charge in [-0.15, -0.1) is 12.4 Å². The second kappa shape index (κ2) is 7.31. The first-order valence-corrected chi connectivity index (χ1v) is 6.67. The fourth-order valence-corrected chi connectivity index (χ4v) is 2.25. The Kier molecular flexibility index (Phi) is 6.05. The Morgan fingerprint density at radius 1 is 1.30 bits per heavy atom. The number of anilines is 1. The summed E-state index contributed by atoms with van der Waals surface area (Å²) in [7, 11) is 4.01. The first kappa shape index (κ1) is 16.5. The van der Waals surface area contributed by atoms with Crippen LogP contribution in [0.2, 0.25) is 0 Å². The SMILES string of the molecule is CCN(C1=CC(NC)N(C)C(C)=N1)c1ccccc1.Cl. The third kappa shape index (κ3) is 3.32. The number of amidine groups is 1. The van der Waals surface area contributed by atoms with Crippen LogP contribution < -0.4 is 10.2 Å². The van der Waals surface area contributed by atoms with Gasteiger partial charge in [-0.05, 0) is 39.1 Å². The number of hydrogen-bond donors (Lipinski definition) is 1. The molecule has 0 spiro atoms. The molecule has 1 aromatic carbocycles. The molecule has 0 saturated heterocycles. The molecule has 1 aliphatic rings. The van der Waals surface area contributed by atoms with E-state index in [1.165, 1.54) is 5.69 Å². The lowest BCUT2D eigenvalue weighted by Crippen LogP contribution is -2.46. The molecule has 4 nitrogen and oxygen atoms in total. The smallest absolute Gasteiger partial charge is 0.134 e. The zero-order valence-electron chi connectivity index (χ0n) is 12.5. The molecule has 0 aliphatic carbocycles. The molecular weight excluding hydrogens is 272 g/mol. The summed E-state index contributed by atoms with van der Waals surface area (Å²) in [6.45, 7) is 5.08. The van der Waals surface area contributed by atoms with Crippen molar-refractivity contribution in [1.82, 2.24) is 10.2 Å². The van der Waals surface area contributed by atoms with Gasteiger partial charge in [0.1, 0.15) is 17.8 Å². The van der Waals surface area contributed by atoms with Gasteiger partial charge in [0.15, 0.2) is 0 Å². The summed E-state index contributed by atoms with van der Waals surface area (Å²) in [6.07, 6.45) is 2.34. The van der Waals surface area contributed by atoms with Crippen molar-refractivity contribution in [1.29, 1.82) is 0 Å². The monoisotopic (exact) mass is 294 g/mol. The van der Waals surface area contributed by atoms with Gasteiger partial charge in [-0.25, -0.2) is 4.99 Å². The number of para-hydroxylation sites is 1. The minimum atomic E-state index is 0. The van der Waals surface area contributed by atoms with E-state index in [0.717, 1.165) is 18.2 Å². The van der Waals surface area contributed by atoms with E-state index in [-0.39, 0.29) is 18.6 Å². The zero-order chi connectivity index (χ0) is 13.8. The molecule has 1 N–H and O–H groups in total. The lowest BCUT2D eigenvalue weighted by Gasteiger charge is -2.34. The number of nitrogens with one attached hydrogen (secondary N) is 1. The second-order valence-corrected chi connectivity index (χ2v) is 4.61. The summed E-state index contributed by atoms with van der Waals surface area (Å²) >= 11 is 0. The predicted octanol–water partition coefficient (Wildman–Crippen LogP) is 2.69. The number of likely N-dealkylation sites (N-methyl/N-ethyl adjacent to an activating group) is 2. The zero-order valence-corrected chi connectivity index (χ0v) is 13.3. The van der Waals surface area contributed by atoms with Gasteiger partial charge in [-0.1, -0.05) is 18.2 Å². The van der Waals surface area contributed by atoms with Crippen molar-refractivity contribution >= 4 is 23.9 Å². The maximum absolute atomic E-state index is 4.70. The van der Waals surface area contributed by atoms with Crippen LogP contribution in [0.4, 0.5) is 5.69 Å². The maximum Gasteiger partial charge on any atom is 0.134 e. The minimum absolute atomic E-state index is 0. The molecule has 0 saturated carbocycles.